The minimum atomic E-state index is -3.72. The Morgan fingerprint density at radius 1 is 1.15 bits per heavy atom. The second-order valence-electron chi connectivity index (χ2n) is 8.09. The Balaban J connectivity index is 1.53. The first kappa shape index (κ1) is 23.0. The molecule has 0 aromatic heterocycles. The number of hydrogen-bond acceptors (Lipinski definition) is 6. The van der Waals surface area contributed by atoms with Gasteiger partial charge in [-0.25, -0.2) is 17.5 Å². The van der Waals surface area contributed by atoms with Gasteiger partial charge in [-0.2, -0.15) is 5.26 Å². The minimum absolute atomic E-state index is 0.000929. The van der Waals surface area contributed by atoms with Crippen LogP contribution in [-0.4, -0.2) is 58.6 Å². The van der Waals surface area contributed by atoms with Crippen LogP contribution in [0.1, 0.15) is 35.2 Å². The van der Waals surface area contributed by atoms with Crippen LogP contribution < -0.4 is 14.4 Å². The van der Waals surface area contributed by atoms with Crippen molar-refractivity contribution in [2.75, 3.05) is 38.1 Å². The predicted octanol–water partition coefficient (Wildman–Crippen LogP) is 2.50. The lowest BCUT2D eigenvalue weighted by atomic mass is 9.96. The summed E-state index contributed by atoms with van der Waals surface area (Å²) in [6, 6.07) is 10.6. The third kappa shape index (κ3) is 4.79. The number of amides is 1. The standard InChI is InChI=1S/C23H25FN4O4S/c1-26-33(30,31)19-7-8-22(32-18-3-2-4-18)20(14-19)23(29)28-11-9-27(10-12-28)17-6-5-16(15-25)21(24)13-17/h5-8,13-14,18,26H,2-4,9-12H2,1H3. The number of rotatable bonds is 6. The summed E-state index contributed by atoms with van der Waals surface area (Å²) in [5.41, 5.74) is 0.855. The van der Waals surface area contributed by atoms with Gasteiger partial charge in [0.1, 0.15) is 17.6 Å². The van der Waals surface area contributed by atoms with Gasteiger partial charge in [-0.05, 0) is 62.7 Å². The predicted molar refractivity (Wildman–Crippen MR) is 120 cm³/mol. The van der Waals surface area contributed by atoms with Crippen molar-refractivity contribution in [3.63, 3.8) is 0 Å². The average Bonchev–Trinajstić information content (AvgIpc) is 2.81. The Kier molecular flexibility index (Phi) is 6.54. The summed E-state index contributed by atoms with van der Waals surface area (Å²) in [5, 5.41) is 8.91. The van der Waals surface area contributed by atoms with E-state index in [2.05, 4.69) is 4.72 Å². The number of halogens is 1. The number of hydrogen-bond donors (Lipinski definition) is 1. The van der Waals surface area contributed by atoms with Gasteiger partial charge in [0, 0.05) is 31.9 Å². The van der Waals surface area contributed by atoms with Crippen LogP contribution in [0.2, 0.25) is 0 Å². The Hall–Kier alpha value is -3.16. The molecule has 4 rings (SSSR count). The highest BCUT2D eigenvalue weighted by Gasteiger charge is 2.28. The summed E-state index contributed by atoms with van der Waals surface area (Å²) in [5.74, 6) is -0.492. The number of anilines is 1. The van der Waals surface area contributed by atoms with Gasteiger partial charge in [-0.15, -0.1) is 0 Å². The summed E-state index contributed by atoms with van der Waals surface area (Å²) < 4.78 is 46.8. The van der Waals surface area contributed by atoms with Crippen LogP contribution in [0.4, 0.5) is 10.1 Å². The van der Waals surface area contributed by atoms with Gasteiger partial charge in [-0.3, -0.25) is 4.79 Å². The topological polar surface area (TPSA) is 103 Å². The van der Waals surface area contributed by atoms with Crippen molar-refractivity contribution in [2.45, 2.75) is 30.3 Å². The van der Waals surface area contributed by atoms with Crippen molar-refractivity contribution in [3.05, 3.63) is 53.3 Å². The second-order valence-corrected chi connectivity index (χ2v) is 9.98. The van der Waals surface area contributed by atoms with Crippen LogP contribution in [0, 0.1) is 17.1 Å². The zero-order chi connectivity index (χ0) is 23.6. The van der Waals surface area contributed by atoms with E-state index in [-0.39, 0.29) is 28.0 Å². The van der Waals surface area contributed by atoms with Crippen molar-refractivity contribution in [1.29, 1.82) is 5.26 Å². The number of nitriles is 1. The van der Waals surface area contributed by atoms with Crippen LogP contribution in [0.5, 0.6) is 5.75 Å². The molecule has 0 atom stereocenters. The molecular formula is C23H25FN4O4S. The largest absolute Gasteiger partial charge is 0.490 e. The van der Waals surface area contributed by atoms with E-state index in [0.717, 1.165) is 19.3 Å². The van der Waals surface area contributed by atoms with E-state index in [4.69, 9.17) is 10.00 Å². The van der Waals surface area contributed by atoms with Gasteiger partial charge >= 0.3 is 0 Å². The molecule has 8 nitrogen and oxygen atoms in total. The van der Waals surface area contributed by atoms with Gasteiger partial charge in [0.15, 0.2) is 0 Å². The van der Waals surface area contributed by atoms with Crippen molar-refractivity contribution < 1.29 is 22.3 Å². The van der Waals surface area contributed by atoms with Crippen LogP contribution in [0.25, 0.3) is 0 Å². The molecule has 33 heavy (non-hydrogen) atoms. The molecule has 2 aliphatic rings. The summed E-state index contributed by atoms with van der Waals surface area (Å²) in [6.07, 6.45) is 2.91. The van der Waals surface area contributed by atoms with Gasteiger partial charge in [0.25, 0.3) is 5.91 Å². The second kappa shape index (κ2) is 9.37. The summed E-state index contributed by atoms with van der Waals surface area (Å²) in [7, 11) is -2.40. The lowest BCUT2D eigenvalue weighted by molar-refractivity contribution is 0.0728. The normalized spacial score (nSPS) is 16.8. The zero-order valence-electron chi connectivity index (χ0n) is 18.3. The van der Waals surface area contributed by atoms with E-state index < -0.39 is 15.8 Å². The number of carbonyl (C=O) groups is 1. The SMILES string of the molecule is CNS(=O)(=O)c1ccc(OC2CCC2)c(C(=O)N2CCN(c3ccc(C#N)c(F)c3)CC2)c1. The molecule has 174 valence electrons. The Morgan fingerprint density at radius 3 is 2.45 bits per heavy atom. The molecule has 0 radical (unpaired) electrons. The Morgan fingerprint density at radius 2 is 1.88 bits per heavy atom. The number of nitrogens with one attached hydrogen (secondary N) is 1. The quantitative estimate of drug-likeness (QED) is 0.693. The van der Waals surface area contributed by atoms with Crippen LogP contribution in [-0.2, 0) is 10.0 Å². The highest BCUT2D eigenvalue weighted by Crippen LogP contribution is 2.30. The molecule has 2 aromatic carbocycles. The van der Waals surface area contributed by atoms with Crippen LogP contribution >= 0.6 is 0 Å². The van der Waals surface area contributed by atoms with Crippen LogP contribution in [0.15, 0.2) is 41.3 Å². The Labute approximate surface area is 192 Å². The van der Waals surface area contributed by atoms with Gasteiger partial charge < -0.3 is 14.5 Å². The fourth-order valence-corrected chi connectivity index (χ4v) is 4.62. The monoisotopic (exact) mass is 472 g/mol. The maximum Gasteiger partial charge on any atom is 0.257 e. The Bertz CT molecular complexity index is 1200. The number of nitrogens with zero attached hydrogens (tertiary/aromatic N) is 3. The number of sulfonamides is 1. The molecule has 1 N–H and O–H groups in total. The van der Waals surface area contributed by atoms with Gasteiger partial charge in [0.2, 0.25) is 10.0 Å². The fourth-order valence-electron chi connectivity index (χ4n) is 3.86. The lowest BCUT2D eigenvalue weighted by Crippen LogP contribution is -2.49. The minimum Gasteiger partial charge on any atom is -0.490 e. The maximum atomic E-state index is 14.0. The molecule has 2 aromatic rings. The van der Waals surface area contributed by atoms with Crippen molar-refractivity contribution in [2.24, 2.45) is 0 Å². The maximum absolute atomic E-state index is 14.0. The van der Waals surface area contributed by atoms with E-state index in [1.165, 1.54) is 31.3 Å². The van der Waals surface area contributed by atoms with E-state index in [1.54, 1.807) is 23.1 Å². The molecule has 1 aliphatic carbocycles. The third-order valence-corrected chi connectivity index (χ3v) is 7.52. The van der Waals surface area contributed by atoms with Gasteiger partial charge in [-0.1, -0.05) is 0 Å². The molecule has 1 amide bonds. The van der Waals surface area contributed by atoms with Crippen molar-refractivity contribution in [3.8, 4) is 11.8 Å². The van der Waals surface area contributed by atoms with E-state index in [1.807, 2.05) is 4.90 Å². The third-order valence-electron chi connectivity index (χ3n) is 6.11. The van der Waals surface area contributed by atoms with E-state index in [9.17, 15) is 17.6 Å². The number of benzene rings is 2. The lowest BCUT2D eigenvalue weighted by Gasteiger charge is -2.36. The molecule has 0 spiro atoms. The molecule has 1 aliphatic heterocycles. The molecule has 0 unspecified atom stereocenters. The van der Waals surface area contributed by atoms with Gasteiger partial charge in [0.05, 0.1) is 22.1 Å². The van der Waals surface area contributed by atoms with Crippen molar-refractivity contribution >= 4 is 21.6 Å². The average molecular weight is 473 g/mol. The fraction of sp³-hybridized carbons (Fsp3) is 0.391. The molecule has 0 bridgehead atoms. The van der Waals surface area contributed by atoms with E-state index >= 15 is 0 Å². The number of ether oxygens (including phenoxy) is 1. The molecule has 1 saturated carbocycles. The first-order valence-electron chi connectivity index (χ1n) is 10.8. The summed E-state index contributed by atoms with van der Waals surface area (Å²) in [4.78, 5) is 17.0. The van der Waals surface area contributed by atoms with Crippen LogP contribution in [0.3, 0.4) is 0 Å². The first-order valence-corrected chi connectivity index (χ1v) is 12.3. The molecule has 10 heteroatoms. The highest BCUT2D eigenvalue weighted by molar-refractivity contribution is 7.89. The molecule has 2 fully saturated rings. The smallest absolute Gasteiger partial charge is 0.257 e. The summed E-state index contributed by atoms with van der Waals surface area (Å²) >= 11 is 0. The van der Waals surface area contributed by atoms with E-state index in [0.29, 0.717) is 37.6 Å². The number of piperazine rings is 1. The molecular weight excluding hydrogens is 447 g/mol. The zero-order valence-corrected chi connectivity index (χ0v) is 19.1. The highest BCUT2D eigenvalue weighted by atomic mass is 32.2. The van der Waals surface area contributed by atoms with Crippen molar-refractivity contribution in [1.82, 2.24) is 9.62 Å². The summed E-state index contributed by atoms with van der Waals surface area (Å²) in [6.45, 7) is 1.72. The number of carbonyl (C=O) groups excluding carboxylic acids is 1. The molecule has 1 heterocycles. The molecule has 1 saturated heterocycles. The first-order chi connectivity index (χ1) is 15.8.